The van der Waals surface area contributed by atoms with Crippen LogP contribution in [0.4, 0.5) is 26.1 Å². The molecule has 0 unspecified atom stereocenters. The van der Waals surface area contributed by atoms with Crippen molar-refractivity contribution in [3.63, 3.8) is 0 Å². The Hall–Kier alpha value is -4.16. The van der Waals surface area contributed by atoms with Crippen LogP contribution in [0.1, 0.15) is 16.2 Å². The maximum atomic E-state index is 12.7. The Morgan fingerprint density at radius 1 is 1.22 bits per heavy atom. The summed E-state index contributed by atoms with van der Waals surface area (Å²) in [5.41, 5.74) is 8.07. The third kappa shape index (κ3) is 3.68. The molecule has 32 heavy (non-hydrogen) atoms. The molecule has 0 spiro atoms. The highest BCUT2D eigenvalue weighted by atomic mass is 19.3. The molecule has 0 saturated heterocycles. The lowest BCUT2D eigenvalue weighted by atomic mass is 10.3. The minimum absolute atomic E-state index is 0.0609. The van der Waals surface area contributed by atoms with E-state index in [1.807, 2.05) is 0 Å². The van der Waals surface area contributed by atoms with Crippen LogP contribution >= 0.6 is 0 Å². The lowest BCUT2D eigenvalue weighted by Crippen LogP contribution is -2.19. The first kappa shape index (κ1) is 21.1. The number of primary amides is 1. The van der Waals surface area contributed by atoms with Crippen LogP contribution in [0, 0.1) is 6.92 Å². The minimum atomic E-state index is -2.55. The number of carbonyl (C=O) groups excluding carboxylic acids is 1. The molecule has 0 radical (unpaired) electrons. The van der Waals surface area contributed by atoms with Gasteiger partial charge in [-0.25, -0.2) is 23.7 Å². The Morgan fingerprint density at radius 2 is 2.00 bits per heavy atom. The summed E-state index contributed by atoms with van der Waals surface area (Å²) in [4.78, 5) is 29.8. The van der Waals surface area contributed by atoms with E-state index in [9.17, 15) is 13.6 Å². The molecule has 4 rings (SSSR count). The van der Waals surface area contributed by atoms with Gasteiger partial charge in [0.15, 0.2) is 23.2 Å². The molecule has 0 aliphatic carbocycles. The summed E-state index contributed by atoms with van der Waals surface area (Å²) in [6, 6.07) is 1.76. The molecule has 0 atom stereocenters. The van der Waals surface area contributed by atoms with E-state index in [-0.39, 0.29) is 11.5 Å². The van der Waals surface area contributed by atoms with Crippen molar-refractivity contribution in [2.24, 2.45) is 12.8 Å². The van der Waals surface area contributed by atoms with Gasteiger partial charge in [0.2, 0.25) is 0 Å². The minimum Gasteiger partial charge on any atom is -0.371 e. The number of fused-ring (bicyclic) bond motifs is 1. The highest BCUT2D eigenvalue weighted by Gasteiger charge is 2.23. The lowest BCUT2D eigenvalue weighted by molar-refractivity contribution is 0.0996. The van der Waals surface area contributed by atoms with E-state index in [2.05, 4.69) is 35.7 Å². The molecule has 11 nitrogen and oxygen atoms in total. The molecule has 0 bridgehead atoms. The largest absolute Gasteiger partial charge is 0.371 e. The van der Waals surface area contributed by atoms with E-state index >= 15 is 0 Å². The summed E-state index contributed by atoms with van der Waals surface area (Å²) >= 11 is 0. The van der Waals surface area contributed by atoms with Gasteiger partial charge in [-0.15, -0.1) is 0 Å². The van der Waals surface area contributed by atoms with Crippen LogP contribution in [0.3, 0.4) is 0 Å². The van der Waals surface area contributed by atoms with Gasteiger partial charge in [0.1, 0.15) is 12.2 Å². The third-order valence-electron chi connectivity index (χ3n) is 4.93. The number of nitrogens with two attached hydrogens (primary N) is 1. The van der Waals surface area contributed by atoms with E-state index in [1.165, 1.54) is 6.20 Å². The van der Waals surface area contributed by atoms with E-state index in [0.29, 0.717) is 34.2 Å². The van der Waals surface area contributed by atoms with Crippen LogP contribution in [0.15, 0.2) is 24.7 Å². The average Bonchev–Trinajstić information content (AvgIpc) is 3.27. The first-order valence-corrected chi connectivity index (χ1v) is 9.54. The summed E-state index contributed by atoms with van der Waals surface area (Å²) < 4.78 is 28.4. The zero-order chi connectivity index (χ0) is 23.0. The molecule has 0 aliphatic rings. The molecule has 4 heterocycles. The number of halogens is 2. The van der Waals surface area contributed by atoms with Crippen molar-refractivity contribution >= 4 is 34.3 Å². The van der Waals surface area contributed by atoms with Gasteiger partial charge in [-0.3, -0.25) is 14.5 Å². The van der Waals surface area contributed by atoms with Gasteiger partial charge in [-0.2, -0.15) is 5.10 Å². The van der Waals surface area contributed by atoms with Crippen LogP contribution in [0.25, 0.3) is 22.6 Å². The van der Waals surface area contributed by atoms with Crippen molar-refractivity contribution in [2.75, 3.05) is 17.7 Å². The van der Waals surface area contributed by atoms with Crippen molar-refractivity contribution in [3.05, 3.63) is 36.0 Å². The molecule has 13 heteroatoms. The number of nitrogens with zero attached hydrogens (tertiary/aromatic N) is 7. The Morgan fingerprint density at radius 3 is 2.66 bits per heavy atom. The van der Waals surface area contributed by atoms with Crippen LogP contribution < -0.4 is 16.4 Å². The zero-order valence-corrected chi connectivity index (χ0v) is 17.5. The Bertz CT molecular complexity index is 1310. The Balaban J connectivity index is 1.81. The van der Waals surface area contributed by atoms with Crippen LogP contribution in [0.2, 0.25) is 0 Å². The SMILES string of the molecule is CNc1nc(Nc2cnn(CC(F)F)c2C)c(C(N)=O)nc1-c1nc2ccncc2n1C. The number of rotatable bonds is 7. The van der Waals surface area contributed by atoms with Crippen LogP contribution in [0.5, 0.6) is 0 Å². The van der Waals surface area contributed by atoms with Gasteiger partial charge in [-0.05, 0) is 13.0 Å². The van der Waals surface area contributed by atoms with Gasteiger partial charge in [0.05, 0.1) is 34.8 Å². The second kappa shape index (κ2) is 8.17. The quantitative estimate of drug-likeness (QED) is 0.395. The Labute approximate surface area is 180 Å². The molecule has 4 aromatic heterocycles. The number of aromatic nitrogens is 7. The number of nitrogens with one attached hydrogen (secondary N) is 2. The summed E-state index contributed by atoms with van der Waals surface area (Å²) in [6.07, 6.45) is 2.11. The standard InChI is InChI=1S/C19H20F2N10O/c1-9-11(6-25-31(9)8-13(20)21)26-18-14(16(22)32)28-15(17(23-2)29-18)19-27-10-4-5-24-7-12(10)30(19)3/h4-7,13H,8H2,1-3H3,(H2,22,32)(H2,23,26,29). The number of anilines is 3. The second-order valence-corrected chi connectivity index (χ2v) is 6.93. The van der Waals surface area contributed by atoms with Crippen LogP contribution in [-0.4, -0.2) is 53.7 Å². The van der Waals surface area contributed by atoms with Crippen molar-refractivity contribution in [3.8, 4) is 11.5 Å². The van der Waals surface area contributed by atoms with Gasteiger partial charge in [0.25, 0.3) is 12.3 Å². The number of pyridine rings is 1. The summed E-state index contributed by atoms with van der Waals surface area (Å²) in [5.74, 6) is 0.0361. The number of hydrogen-bond donors (Lipinski definition) is 3. The third-order valence-corrected chi connectivity index (χ3v) is 4.93. The van der Waals surface area contributed by atoms with Crippen molar-refractivity contribution < 1.29 is 13.6 Å². The molecule has 4 aromatic rings. The van der Waals surface area contributed by atoms with E-state index in [0.717, 1.165) is 10.2 Å². The molecule has 0 aromatic carbocycles. The van der Waals surface area contributed by atoms with Gasteiger partial charge in [0, 0.05) is 20.3 Å². The molecular weight excluding hydrogens is 422 g/mol. The predicted molar refractivity (Wildman–Crippen MR) is 114 cm³/mol. The number of amides is 1. The van der Waals surface area contributed by atoms with Gasteiger partial charge >= 0.3 is 0 Å². The zero-order valence-electron chi connectivity index (χ0n) is 17.5. The first-order chi connectivity index (χ1) is 15.3. The van der Waals surface area contributed by atoms with E-state index in [4.69, 9.17) is 5.73 Å². The second-order valence-electron chi connectivity index (χ2n) is 6.93. The molecule has 166 valence electrons. The fourth-order valence-corrected chi connectivity index (χ4v) is 3.28. The monoisotopic (exact) mass is 442 g/mol. The Kier molecular flexibility index (Phi) is 5.38. The molecule has 4 N–H and O–H groups in total. The fraction of sp³-hybridized carbons (Fsp3) is 0.263. The molecule has 0 aliphatic heterocycles. The first-order valence-electron chi connectivity index (χ1n) is 9.54. The normalized spacial score (nSPS) is 11.3. The summed E-state index contributed by atoms with van der Waals surface area (Å²) in [7, 11) is 3.45. The average molecular weight is 442 g/mol. The molecule has 0 saturated carbocycles. The number of aryl methyl sites for hydroxylation is 1. The molecular formula is C19H20F2N10O. The van der Waals surface area contributed by atoms with Crippen molar-refractivity contribution in [2.45, 2.75) is 19.9 Å². The van der Waals surface area contributed by atoms with Gasteiger partial charge in [-0.1, -0.05) is 0 Å². The fourth-order valence-electron chi connectivity index (χ4n) is 3.28. The van der Waals surface area contributed by atoms with E-state index < -0.39 is 18.9 Å². The molecule has 0 fully saturated rings. The number of carbonyl (C=O) groups is 1. The maximum Gasteiger partial charge on any atom is 0.271 e. The number of alkyl halides is 2. The molecule has 1 amide bonds. The van der Waals surface area contributed by atoms with E-state index in [1.54, 1.807) is 44.0 Å². The lowest BCUT2D eigenvalue weighted by Gasteiger charge is -2.14. The highest BCUT2D eigenvalue weighted by molar-refractivity contribution is 5.97. The smallest absolute Gasteiger partial charge is 0.271 e. The van der Waals surface area contributed by atoms with Crippen molar-refractivity contribution in [1.82, 2.24) is 34.3 Å². The summed E-state index contributed by atoms with van der Waals surface area (Å²) in [5, 5.41) is 9.82. The number of imidazole rings is 1. The predicted octanol–water partition coefficient (Wildman–Crippen LogP) is 2.08. The maximum absolute atomic E-state index is 12.7. The number of hydrogen-bond acceptors (Lipinski definition) is 8. The topological polar surface area (TPSA) is 141 Å². The van der Waals surface area contributed by atoms with Crippen molar-refractivity contribution in [1.29, 1.82) is 0 Å². The van der Waals surface area contributed by atoms with Gasteiger partial charge < -0.3 is 20.9 Å². The highest BCUT2D eigenvalue weighted by Crippen LogP contribution is 2.30. The van der Waals surface area contributed by atoms with Crippen LogP contribution in [-0.2, 0) is 13.6 Å². The summed E-state index contributed by atoms with van der Waals surface area (Å²) in [6.45, 7) is 1.07.